The van der Waals surface area contributed by atoms with Crippen LogP contribution in [0.4, 0.5) is 0 Å². The molecule has 0 spiro atoms. The minimum atomic E-state index is -3.25. The van der Waals surface area contributed by atoms with Crippen molar-refractivity contribution in [2.24, 2.45) is 0 Å². The van der Waals surface area contributed by atoms with Crippen molar-refractivity contribution in [3.63, 3.8) is 0 Å². The first-order chi connectivity index (χ1) is 7.66. The Morgan fingerprint density at radius 3 is 2.94 bits per heavy atom. The van der Waals surface area contributed by atoms with Crippen LogP contribution in [0.3, 0.4) is 0 Å². The van der Waals surface area contributed by atoms with E-state index in [2.05, 4.69) is 15.0 Å². The second-order valence-electron chi connectivity index (χ2n) is 3.93. The molecule has 7 heteroatoms. The van der Waals surface area contributed by atoms with E-state index in [9.17, 15) is 8.42 Å². The monoisotopic (exact) mass is 277 g/mol. The zero-order valence-corrected chi connectivity index (χ0v) is 10.9. The number of hydrogen-bond acceptors (Lipinski definition) is 4. The zero-order valence-electron chi connectivity index (χ0n) is 9.30. The fourth-order valence-corrected chi connectivity index (χ4v) is 3.16. The van der Waals surface area contributed by atoms with Crippen molar-refractivity contribution >= 4 is 22.4 Å². The highest BCUT2D eigenvalue weighted by Crippen LogP contribution is 2.05. The van der Waals surface area contributed by atoms with Gasteiger partial charge in [-0.2, -0.15) is 0 Å². The molecule has 1 aliphatic heterocycles. The molecule has 0 radical (unpaired) electrons. The normalized spacial score (nSPS) is 19.9. The molecule has 0 unspecified atom stereocenters. The molecule has 1 aromatic heterocycles. The van der Waals surface area contributed by atoms with Crippen molar-refractivity contribution in [3.05, 3.63) is 30.1 Å². The molecule has 2 N–H and O–H groups in total. The molecule has 1 aliphatic rings. The van der Waals surface area contributed by atoms with Crippen LogP contribution >= 0.6 is 12.4 Å². The summed E-state index contributed by atoms with van der Waals surface area (Å²) in [6.07, 6.45) is 4.06. The highest BCUT2D eigenvalue weighted by atomic mass is 35.5. The zero-order chi connectivity index (χ0) is 11.4. The van der Waals surface area contributed by atoms with Gasteiger partial charge in [0.25, 0.3) is 0 Å². The van der Waals surface area contributed by atoms with Crippen LogP contribution in [0.2, 0.25) is 0 Å². The second-order valence-corrected chi connectivity index (χ2v) is 5.68. The van der Waals surface area contributed by atoms with E-state index in [4.69, 9.17) is 0 Å². The Morgan fingerprint density at radius 2 is 2.35 bits per heavy atom. The lowest BCUT2D eigenvalue weighted by atomic mass is 10.3. The first-order valence-electron chi connectivity index (χ1n) is 5.25. The molecule has 1 saturated heterocycles. The fourth-order valence-electron chi connectivity index (χ4n) is 1.75. The highest BCUT2D eigenvalue weighted by Gasteiger charge is 2.21. The summed E-state index contributed by atoms with van der Waals surface area (Å²) in [5, 5.41) is 3.12. The Hall–Kier alpha value is -0.690. The third-order valence-corrected chi connectivity index (χ3v) is 3.89. The van der Waals surface area contributed by atoms with E-state index in [1.807, 2.05) is 0 Å². The summed E-state index contributed by atoms with van der Waals surface area (Å²) in [7, 11) is -3.25. The molecule has 1 aromatic rings. The number of halogens is 1. The molecule has 0 amide bonds. The van der Waals surface area contributed by atoms with Crippen LogP contribution in [0.15, 0.2) is 24.5 Å². The molecule has 17 heavy (non-hydrogen) atoms. The van der Waals surface area contributed by atoms with E-state index in [0.29, 0.717) is 12.1 Å². The van der Waals surface area contributed by atoms with Crippen molar-refractivity contribution < 1.29 is 8.42 Å². The van der Waals surface area contributed by atoms with Crippen molar-refractivity contribution in [2.45, 2.75) is 18.2 Å². The number of nitrogens with zero attached hydrogens (tertiary/aromatic N) is 1. The van der Waals surface area contributed by atoms with Gasteiger partial charge in [-0.15, -0.1) is 12.4 Å². The molecule has 0 aromatic carbocycles. The lowest BCUT2D eigenvalue weighted by molar-refractivity contribution is 0.559. The van der Waals surface area contributed by atoms with E-state index in [1.54, 1.807) is 24.5 Å². The second kappa shape index (κ2) is 6.30. The smallest absolute Gasteiger partial charge is 0.216 e. The average molecular weight is 278 g/mol. The van der Waals surface area contributed by atoms with Gasteiger partial charge in [0.2, 0.25) is 10.0 Å². The Labute approximate surface area is 107 Å². The van der Waals surface area contributed by atoms with Gasteiger partial charge in [-0.05, 0) is 24.6 Å². The first-order valence-corrected chi connectivity index (χ1v) is 6.90. The van der Waals surface area contributed by atoms with Crippen LogP contribution in [0.5, 0.6) is 0 Å². The molecule has 1 fully saturated rings. The molecular formula is C10H16ClN3O2S. The summed E-state index contributed by atoms with van der Waals surface area (Å²) in [6.45, 7) is 1.59. The Kier molecular flexibility index (Phi) is 5.32. The lowest BCUT2D eigenvalue weighted by Gasteiger charge is -2.11. The number of sulfonamides is 1. The molecule has 5 nitrogen and oxygen atoms in total. The summed E-state index contributed by atoms with van der Waals surface area (Å²) in [5.74, 6) is -0.00264. The van der Waals surface area contributed by atoms with Gasteiger partial charge in [0.05, 0.1) is 5.75 Å². The van der Waals surface area contributed by atoms with Crippen LogP contribution in [0, 0.1) is 0 Å². The van der Waals surface area contributed by atoms with Crippen LogP contribution < -0.4 is 10.0 Å². The summed E-state index contributed by atoms with van der Waals surface area (Å²) < 4.78 is 26.3. The van der Waals surface area contributed by atoms with Crippen LogP contribution in [0.1, 0.15) is 12.0 Å². The van der Waals surface area contributed by atoms with Crippen LogP contribution in [-0.4, -0.2) is 32.5 Å². The SMILES string of the molecule is Cl.O=S(=O)(Cc1cccnc1)N[C@H]1CCNC1. The minimum absolute atomic E-state index is 0. The quantitative estimate of drug-likeness (QED) is 0.830. The number of rotatable bonds is 4. The van der Waals surface area contributed by atoms with E-state index in [-0.39, 0.29) is 24.2 Å². The predicted octanol–water partition coefficient (Wildman–Crippen LogP) is 0.285. The van der Waals surface area contributed by atoms with E-state index < -0.39 is 10.0 Å². The minimum Gasteiger partial charge on any atom is -0.315 e. The predicted molar refractivity (Wildman–Crippen MR) is 68.5 cm³/mol. The summed E-state index contributed by atoms with van der Waals surface area (Å²) >= 11 is 0. The molecule has 2 heterocycles. The van der Waals surface area contributed by atoms with Gasteiger partial charge in [0.1, 0.15) is 0 Å². The van der Waals surface area contributed by atoms with Crippen LogP contribution in [-0.2, 0) is 15.8 Å². The number of nitrogens with one attached hydrogen (secondary N) is 2. The lowest BCUT2D eigenvalue weighted by Crippen LogP contribution is -2.36. The van der Waals surface area contributed by atoms with Gasteiger partial charge in [-0.1, -0.05) is 6.07 Å². The third-order valence-electron chi connectivity index (χ3n) is 2.49. The van der Waals surface area contributed by atoms with E-state index >= 15 is 0 Å². The maximum atomic E-state index is 11.8. The number of aromatic nitrogens is 1. The maximum absolute atomic E-state index is 11.8. The van der Waals surface area contributed by atoms with Crippen molar-refractivity contribution in [3.8, 4) is 0 Å². The summed E-state index contributed by atoms with van der Waals surface area (Å²) in [6, 6.07) is 3.53. The summed E-state index contributed by atoms with van der Waals surface area (Å²) in [5.41, 5.74) is 0.709. The van der Waals surface area contributed by atoms with Gasteiger partial charge in [0, 0.05) is 25.0 Å². The molecule has 96 valence electrons. The molecule has 0 aliphatic carbocycles. The molecule has 0 bridgehead atoms. The molecule has 2 rings (SSSR count). The topological polar surface area (TPSA) is 71.1 Å². The highest BCUT2D eigenvalue weighted by molar-refractivity contribution is 7.88. The molecule has 1 atom stereocenters. The third kappa shape index (κ3) is 4.59. The Bertz CT molecular complexity index is 432. The van der Waals surface area contributed by atoms with Gasteiger partial charge in [0.15, 0.2) is 0 Å². The van der Waals surface area contributed by atoms with Gasteiger partial charge in [-0.3, -0.25) is 4.98 Å². The van der Waals surface area contributed by atoms with Crippen molar-refractivity contribution in [1.82, 2.24) is 15.0 Å². The largest absolute Gasteiger partial charge is 0.315 e. The fraction of sp³-hybridized carbons (Fsp3) is 0.500. The number of pyridine rings is 1. The standard InChI is InChI=1S/C10H15N3O2S.ClH/c14-16(15,13-10-3-5-12-7-10)8-9-2-1-4-11-6-9;/h1-2,4,6,10,12-13H,3,5,7-8H2;1H/t10-;/m0./s1. The van der Waals surface area contributed by atoms with E-state index in [0.717, 1.165) is 13.0 Å². The van der Waals surface area contributed by atoms with E-state index in [1.165, 1.54) is 0 Å². The van der Waals surface area contributed by atoms with Gasteiger partial charge >= 0.3 is 0 Å². The Morgan fingerprint density at radius 1 is 1.53 bits per heavy atom. The first kappa shape index (κ1) is 14.4. The summed E-state index contributed by atoms with van der Waals surface area (Å²) in [4.78, 5) is 3.90. The van der Waals surface area contributed by atoms with Crippen LogP contribution in [0.25, 0.3) is 0 Å². The molecule has 0 saturated carbocycles. The van der Waals surface area contributed by atoms with Gasteiger partial charge < -0.3 is 5.32 Å². The van der Waals surface area contributed by atoms with Crippen molar-refractivity contribution in [2.75, 3.05) is 13.1 Å². The average Bonchev–Trinajstić information content (AvgIpc) is 2.70. The Balaban J connectivity index is 0.00000144. The van der Waals surface area contributed by atoms with Crippen molar-refractivity contribution in [1.29, 1.82) is 0 Å². The maximum Gasteiger partial charge on any atom is 0.216 e. The number of hydrogen-bond donors (Lipinski definition) is 2. The molecular weight excluding hydrogens is 262 g/mol. The van der Waals surface area contributed by atoms with Gasteiger partial charge in [-0.25, -0.2) is 13.1 Å².